The predicted octanol–water partition coefficient (Wildman–Crippen LogP) is 4.47. The van der Waals surface area contributed by atoms with Crippen molar-refractivity contribution in [3.05, 3.63) is 62.3 Å². The molecule has 1 N–H and O–H groups in total. The largest absolute Gasteiger partial charge is 0.321 e. The third-order valence-electron chi connectivity index (χ3n) is 2.54. The molecule has 0 aliphatic carbocycles. The van der Waals surface area contributed by atoms with E-state index in [4.69, 9.17) is 5.26 Å². The van der Waals surface area contributed by atoms with Gasteiger partial charge in [-0.05, 0) is 62.2 Å². The first-order valence-corrected chi connectivity index (χ1v) is 7.06. The number of anilines is 1. The Bertz CT molecular complexity index is 705. The highest BCUT2D eigenvalue weighted by molar-refractivity contribution is 9.11. The summed E-state index contributed by atoms with van der Waals surface area (Å²) in [6.45, 7) is 0. The van der Waals surface area contributed by atoms with E-state index in [9.17, 15) is 9.18 Å². The van der Waals surface area contributed by atoms with Crippen LogP contribution in [0.2, 0.25) is 0 Å². The molecule has 0 bridgehead atoms. The average molecular weight is 398 g/mol. The van der Waals surface area contributed by atoms with Crippen molar-refractivity contribution in [1.29, 1.82) is 5.26 Å². The fraction of sp³-hybridized carbons (Fsp3) is 0. The smallest absolute Gasteiger partial charge is 0.259 e. The van der Waals surface area contributed by atoms with Crippen LogP contribution in [0.3, 0.4) is 0 Å². The lowest BCUT2D eigenvalue weighted by Crippen LogP contribution is -2.14. The van der Waals surface area contributed by atoms with Crippen molar-refractivity contribution in [1.82, 2.24) is 0 Å². The molecule has 2 aromatic rings. The minimum absolute atomic E-state index is 0.0660. The van der Waals surface area contributed by atoms with E-state index in [1.165, 1.54) is 12.1 Å². The molecular formula is C14H7Br2FN2O. The lowest BCUT2D eigenvalue weighted by atomic mass is 10.2. The van der Waals surface area contributed by atoms with Crippen LogP contribution < -0.4 is 5.32 Å². The summed E-state index contributed by atoms with van der Waals surface area (Å²) in [6.07, 6.45) is 0. The molecule has 0 aliphatic rings. The van der Waals surface area contributed by atoms with Gasteiger partial charge < -0.3 is 5.32 Å². The van der Waals surface area contributed by atoms with Crippen LogP contribution in [0.1, 0.15) is 15.9 Å². The number of nitriles is 1. The van der Waals surface area contributed by atoms with E-state index in [0.717, 1.165) is 0 Å². The van der Waals surface area contributed by atoms with Gasteiger partial charge in [-0.1, -0.05) is 6.07 Å². The Morgan fingerprint density at radius 2 is 1.95 bits per heavy atom. The summed E-state index contributed by atoms with van der Waals surface area (Å²) in [5.74, 6) is -1.18. The standard InChI is InChI=1S/C14H7Br2FN2O/c15-9-2-1-3-11(17)13(9)14(20)19-12-5-4-8(7-18)6-10(12)16/h1-6H,(H,19,20). The van der Waals surface area contributed by atoms with Gasteiger partial charge in [-0.3, -0.25) is 4.79 Å². The third kappa shape index (κ3) is 3.06. The monoisotopic (exact) mass is 396 g/mol. The number of carbonyl (C=O) groups excluding carboxylic acids is 1. The van der Waals surface area contributed by atoms with Crippen LogP contribution in [0.4, 0.5) is 10.1 Å². The quantitative estimate of drug-likeness (QED) is 0.812. The number of carbonyl (C=O) groups is 1. The molecule has 0 aliphatic heterocycles. The van der Waals surface area contributed by atoms with E-state index >= 15 is 0 Å². The van der Waals surface area contributed by atoms with Crippen molar-refractivity contribution in [3.63, 3.8) is 0 Å². The Kier molecular flexibility index (Phi) is 4.53. The summed E-state index contributed by atoms with van der Waals surface area (Å²) in [5.41, 5.74) is 0.856. The van der Waals surface area contributed by atoms with Crippen LogP contribution in [0.5, 0.6) is 0 Å². The highest BCUT2D eigenvalue weighted by Gasteiger charge is 2.16. The molecule has 0 unspecified atom stereocenters. The van der Waals surface area contributed by atoms with E-state index in [-0.39, 0.29) is 5.56 Å². The van der Waals surface area contributed by atoms with E-state index in [1.807, 2.05) is 6.07 Å². The number of benzene rings is 2. The van der Waals surface area contributed by atoms with Gasteiger partial charge in [-0.15, -0.1) is 0 Å². The second-order valence-electron chi connectivity index (χ2n) is 3.86. The van der Waals surface area contributed by atoms with Gasteiger partial charge in [0.15, 0.2) is 0 Å². The number of hydrogen-bond acceptors (Lipinski definition) is 2. The number of halogens is 3. The third-order valence-corrected chi connectivity index (χ3v) is 3.85. The van der Waals surface area contributed by atoms with E-state index in [2.05, 4.69) is 37.2 Å². The van der Waals surface area contributed by atoms with Crippen LogP contribution >= 0.6 is 31.9 Å². The van der Waals surface area contributed by atoms with Gasteiger partial charge in [0, 0.05) is 8.95 Å². The van der Waals surface area contributed by atoms with Crippen LogP contribution in [-0.4, -0.2) is 5.91 Å². The summed E-state index contributed by atoms with van der Waals surface area (Å²) >= 11 is 6.40. The molecule has 0 fully saturated rings. The Hall–Kier alpha value is -1.71. The molecule has 0 atom stereocenters. The molecule has 0 saturated carbocycles. The highest BCUT2D eigenvalue weighted by Crippen LogP contribution is 2.26. The molecule has 0 aromatic heterocycles. The normalized spacial score (nSPS) is 9.90. The fourth-order valence-electron chi connectivity index (χ4n) is 1.59. The van der Waals surface area contributed by atoms with Crippen molar-refractivity contribution in [2.75, 3.05) is 5.32 Å². The van der Waals surface area contributed by atoms with Gasteiger partial charge in [0.05, 0.1) is 22.9 Å². The van der Waals surface area contributed by atoms with Gasteiger partial charge in [0.1, 0.15) is 5.82 Å². The molecule has 2 aromatic carbocycles. The predicted molar refractivity (Wildman–Crippen MR) is 80.9 cm³/mol. The lowest BCUT2D eigenvalue weighted by Gasteiger charge is -2.09. The molecule has 2 rings (SSSR count). The van der Waals surface area contributed by atoms with E-state index in [0.29, 0.717) is 20.2 Å². The zero-order valence-corrected chi connectivity index (χ0v) is 13.1. The van der Waals surface area contributed by atoms with Crippen molar-refractivity contribution in [3.8, 4) is 6.07 Å². The summed E-state index contributed by atoms with van der Waals surface area (Å²) in [6, 6.07) is 11.0. The summed E-state index contributed by atoms with van der Waals surface area (Å²) < 4.78 is 14.6. The van der Waals surface area contributed by atoms with E-state index in [1.54, 1.807) is 24.3 Å². The first-order chi connectivity index (χ1) is 9.52. The lowest BCUT2D eigenvalue weighted by molar-refractivity contribution is 0.102. The SMILES string of the molecule is N#Cc1ccc(NC(=O)c2c(F)cccc2Br)c(Br)c1. The minimum atomic E-state index is -0.610. The maximum absolute atomic E-state index is 13.7. The summed E-state index contributed by atoms with van der Waals surface area (Å²) in [5, 5.41) is 11.4. The summed E-state index contributed by atoms with van der Waals surface area (Å²) in [4.78, 5) is 12.1. The molecule has 3 nitrogen and oxygen atoms in total. The van der Waals surface area contributed by atoms with Crippen molar-refractivity contribution < 1.29 is 9.18 Å². The number of nitrogens with one attached hydrogen (secondary N) is 1. The van der Waals surface area contributed by atoms with Crippen LogP contribution in [0, 0.1) is 17.1 Å². The molecule has 0 heterocycles. The Morgan fingerprint density at radius 1 is 1.20 bits per heavy atom. The van der Waals surface area contributed by atoms with Gasteiger partial charge in [-0.25, -0.2) is 4.39 Å². The molecular weight excluding hydrogens is 391 g/mol. The van der Waals surface area contributed by atoms with Crippen LogP contribution in [0.15, 0.2) is 45.3 Å². The first-order valence-electron chi connectivity index (χ1n) is 5.48. The highest BCUT2D eigenvalue weighted by atomic mass is 79.9. The fourth-order valence-corrected chi connectivity index (χ4v) is 2.59. The maximum Gasteiger partial charge on any atom is 0.259 e. The average Bonchev–Trinajstić information content (AvgIpc) is 2.41. The molecule has 6 heteroatoms. The van der Waals surface area contributed by atoms with E-state index < -0.39 is 11.7 Å². The zero-order chi connectivity index (χ0) is 14.7. The Morgan fingerprint density at radius 3 is 2.55 bits per heavy atom. The number of rotatable bonds is 2. The molecule has 20 heavy (non-hydrogen) atoms. The second kappa shape index (κ2) is 6.16. The van der Waals surface area contributed by atoms with Gasteiger partial charge in [0.25, 0.3) is 5.91 Å². The number of hydrogen-bond donors (Lipinski definition) is 1. The van der Waals surface area contributed by atoms with Crippen LogP contribution in [0.25, 0.3) is 0 Å². The number of amides is 1. The molecule has 1 amide bonds. The summed E-state index contributed by atoms with van der Waals surface area (Å²) in [7, 11) is 0. The Labute approximate surface area is 131 Å². The van der Waals surface area contributed by atoms with Gasteiger partial charge >= 0.3 is 0 Å². The number of nitrogens with zero attached hydrogens (tertiary/aromatic N) is 1. The van der Waals surface area contributed by atoms with Gasteiger partial charge in [0.2, 0.25) is 0 Å². The van der Waals surface area contributed by atoms with Crippen molar-refractivity contribution >= 4 is 43.5 Å². The zero-order valence-electron chi connectivity index (χ0n) is 9.95. The topological polar surface area (TPSA) is 52.9 Å². The molecule has 0 radical (unpaired) electrons. The molecule has 100 valence electrons. The van der Waals surface area contributed by atoms with Crippen molar-refractivity contribution in [2.45, 2.75) is 0 Å². The molecule has 0 spiro atoms. The Balaban J connectivity index is 2.31. The van der Waals surface area contributed by atoms with Crippen LogP contribution in [-0.2, 0) is 0 Å². The van der Waals surface area contributed by atoms with Crippen molar-refractivity contribution in [2.24, 2.45) is 0 Å². The first kappa shape index (κ1) is 14.7. The molecule has 0 saturated heterocycles. The van der Waals surface area contributed by atoms with Gasteiger partial charge in [-0.2, -0.15) is 5.26 Å². The second-order valence-corrected chi connectivity index (χ2v) is 5.57. The minimum Gasteiger partial charge on any atom is -0.321 e. The maximum atomic E-state index is 13.7.